The van der Waals surface area contributed by atoms with Gasteiger partial charge in [-0.05, 0) is 37.1 Å². The molecule has 2 aliphatic heterocycles. The Morgan fingerprint density at radius 1 is 1.32 bits per heavy atom. The van der Waals surface area contributed by atoms with Gasteiger partial charge in [-0.2, -0.15) is 0 Å². The monoisotopic (exact) mass is 407 g/mol. The van der Waals surface area contributed by atoms with Crippen molar-refractivity contribution in [1.29, 1.82) is 0 Å². The molecule has 0 radical (unpaired) electrons. The van der Waals surface area contributed by atoms with Crippen molar-refractivity contribution in [2.45, 2.75) is 32.1 Å². The number of likely N-dealkylation sites (tertiary alicyclic amines) is 1. The molecule has 2 aliphatic rings. The fraction of sp³-hybridized carbons (Fsp3) is 0.571. The number of ether oxygens (including phenoxy) is 2. The van der Waals surface area contributed by atoms with Gasteiger partial charge in [-0.1, -0.05) is 37.7 Å². The maximum atomic E-state index is 11.5. The van der Waals surface area contributed by atoms with Gasteiger partial charge in [-0.25, -0.2) is 0 Å². The molecule has 0 saturated carbocycles. The van der Waals surface area contributed by atoms with Crippen LogP contribution in [0.4, 0.5) is 0 Å². The van der Waals surface area contributed by atoms with E-state index in [1.807, 2.05) is 32.2 Å². The van der Waals surface area contributed by atoms with Crippen LogP contribution in [0.15, 0.2) is 35.4 Å². The molecular formula is C21H33N3O3S. The number of methoxy groups -OCH3 is 1. The predicted octanol–water partition coefficient (Wildman–Crippen LogP) is 3.11. The van der Waals surface area contributed by atoms with E-state index in [4.69, 9.17) is 15.2 Å². The summed E-state index contributed by atoms with van der Waals surface area (Å²) >= 11 is 1.75. The van der Waals surface area contributed by atoms with E-state index in [2.05, 4.69) is 22.3 Å². The zero-order valence-corrected chi connectivity index (χ0v) is 18.0. The fourth-order valence-corrected chi connectivity index (χ4v) is 4.24. The fourth-order valence-electron chi connectivity index (χ4n) is 3.27. The highest BCUT2D eigenvalue weighted by Crippen LogP contribution is 2.36. The zero-order valence-electron chi connectivity index (χ0n) is 17.1. The van der Waals surface area contributed by atoms with Gasteiger partial charge in [0.25, 0.3) is 0 Å². The van der Waals surface area contributed by atoms with Crippen LogP contribution in [0.25, 0.3) is 0 Å². The molecule has 7 heteroatoms. The third kappa shape index (κ3) is 6.43. The molecule has 156 valence electrons. The van der Waals surface area contributed by atoms with Crippen molar-refractivity contribution in [2.75, 3.05) is 39.9 Å². The van der Waals surface area contributed by atoms with E-state index in [0.29, 0.717) is 13.2 Å². The number of hydrogen-bond donors (Lipinski definition) is 2. The van der Waals surface area contributed by atoms with E-state index >= 15 is 0 Å². The van der Waals surface area contributed by atoms with Gasteiger partial charge in [0.15, 0.2) is 0 Å². The van der Waals surface area contributed by atoms with Crippen LogP contribution in [0.3, 0.4) is 0 Å². The Bertz CT molecular complexity index is 636. The van der Waals surface area contributed by atoms with Gasteiger partial charge in [-0.3, -0.25) is 4.79 Å². The summed E-state index contributed by atoms with van der Waals surface area (Å²) in [6.45, 7) is 7.95. The Balaban J connectivity index is 0.00000136. The normalized spacial score (nSPS) is 21.4. The Hall–Kier alpha value is -1.70. The lowest BCUT2D eigenvalue weighted by Gasteiger charge is -2.16. The lowest BCUT2D eigenvalue weighted by molar-refractivity contribution is -0.144. The van der Waals surface area contributed by atoms with Gasteiger partial charge in [0.05, 0.1) is 19.6 Å². The molecule has 0 bridgehead atoms. The number of carbonyl (C=O) groups is 1. The quantitative estimate of drug-likeness (QED) is 0.506. The highest BCUT2D eigenvalue weighted by molar-refractivity contribution is 8.03. The highest BCUT2D eigenvalue weighted by Gasteiger charge is 2.28. The maximum absolute atomic E-state index is 11.5. The van der Waals surface area contributed by atoms with E-state index in [9.17, 15) is 4.79 Å². The van der Waals surface area contributed by atoms with E-state index in [-0.39, 0.29) is 17.3 Å². The highest BCUT2D eigenvalue weighted by atomic mass is 32.2. The number of carbonyl (C=O) groups excluding carboxylic acids is 1. The molecule has 3 rings (SSSR count). The summed E-state index contributed by atoms with van der Waals surface area (Å²) in [6, 6.07) is 8.21. The molecule has 0 aliphatic carbocycles. The molecule has 1 aromatic carbocycles. The Labute approximate surface area is 172 Å². The number of hydrogen-bond acceptors (Lipinski definition) is 7. The summed E-state index contributed by atoms with van der Waals surface area (Å²) in [7, 11) is 1.46. The standard InChI is InChI=1S/C19H27N3O3S.C2H6/c1-24-19(23)15-7-9-22(13-15)8-2-10-25-16-5-3-14(4-6-16)18-21-12-17(11-20)26-18;1-2/h3-6,12,15,18,21H,2,7-11,13,20H2,1H3;1-2H3. The first-order valence-electron chi connectivity index (χ1n) is 10.0. The number of benzene rings is 1. The van der Waals surface area contributed by atoms with E-state index < -0.39 is 0 Å². The zero-order chi connectivity index (χ0) is 20.4. The number of nitrogens with two attached hydrogens (primary N) is 1. The lowest BCUT2D eigenvalue weighted by Crippen LogP contribution is -2.25. The van der Waals surface area contributed by atoms with E-state index in [0.717, 1.165) is 38.2 Å². The van der Waals surface area contributed by atoms with Gasteiger partial charge in [0.1, 0.15) is 11.1 Å². The molecule has 2 heterocycles. The topological polar surface area (TPSA) is 76.8 Å². The average Bonchev–Trinajstić information content (AvgIpc) is 3.42. The maximum Gasteiger partial charge on any atom is 0.310 e. The minimum Gasteiger partial charge on any atom is -0.494 e. The average molecular weight is 408 g/mol. The van der Waals surface area contributed by atoms with Crippen LogP contribution >= 0.6 is 11.8 Å². The molecule has 1 saturated heterocycles. The largest absolute Gasteiger partial charge is 0.494 e. The van der Waals surface area contributed by atoms with Crippen LogP contribution in [0.2, 0.25) is 0 Å². The van der Waals surface area contributed by atoms with Gasteiger partial charge in [0.2, 0.25) is 0 Å². The predicted molar refractivity (Wildman–Crippen MR) is 115 cm³/mol. The molecule has 2 atom stereocenters. The third-order valence-corrected chi connectivity index (χ3v) is 5.97. The summed E-state index contributed by atoms with van der Waals surface area (Å²) in [5.74, 6) is 0.829. The van der Waals surface area contributed by atoms with Crippen molar-refractivity contribution in [2.24, 2.45) is 11.7 Å². The number of rotatable bonds is 8. The van der Waals surface area contributed by atoms with E-state index in [1.54, 1.807) is 11.8 Å². The molecule has 0 spiro atoms. The smallest absolute Gasteiger partial charge is 0.310 e. The molecule has 2 unspecified atom stereocenters. The van der Waals surface area contributed by atoms with Crippen LogP contribution in [-0.2, 0) is 9.53 Å². The number of nitrogens with zero attached hydrogens (tertiary/aromatic N) is 1. The molecule has 6 nitrogen and oxygen atoms in total. The lowest BCUT2D eigenvalue weighted by atomic mass is 10.1. The Morgan fingerprint density at radius 3 is 2.71 bits per heavy atom. The van der Waals surface area contributed by atoms with Gasteiger partial charge < -0.3 is 25.4 Å². The van der Waals surface area contributed by atoms with Crippen LogP contribution in [-0.4, -0.2) is 50.8 Å². The summed E-state index contributed by atoms with van der Waals surface area (Å²) in [4.78, 5) is 15.0. The van der Waals surface area contributed by atoms with Gasteiger partial charge >= 0.3 is 5.97 Å². The van der Waals surface area contributed by atoms with E-state index in [1.165, 1.54) is 17.6 Å². The van der Waals surface area contributed by atoms with Crippen molar-refractivity contribution in [1.82, 2.24) is 10.2 Å². The van der Waals surface area contributed by atoms with Gasteiger partial charge in [-0.15, -0.1) is 0 Å². The molecule has 1 aromatic rings. The Morgan fingerprint density at radius 2 is 2.07 bits per heavy atom. The first kappa shape index (κ1) is 22.6. The molecule has 1 fully saturated rings. The van der Waals surface area contributed by atoms with Crippen LogP contribution in [0.1, 0.15) is 37.6 Å². The SMILES string of the molecule is CC.COC(=O)C1CCN(CCCOc2ccc(C3NC=C(CN)S3)cc2)C1. The molecule has 28 heavy (non-hydrogen) atoms. The van der Waals surface area contributed by atoms with Crippen molar-refractivity contribution in [3.05, 3.63) is 40.9 Å². The second-order valence-electron chi connectivity index (χ2n) is 6.56. The minimum absolute atomic E-state index is 0.0322. The number of thioether (sulfide) groups is 1. The third-order valence-electron chi connectivity index (χ3n) is 4.74. The molecule has 3 N–H and O–H groups in total. The number of nitrogens with one attached hydrogen (secondary N) is 1. The van der Waals surface area contributed by atoms with Crippen molar-refractivity contribution >= 4 is 17.7 Å². The van der Waals surface area contributed by atoms with Crippen molar-refractivity contribution in [3.63, 3.8) is 0 Å². The molecular weight excluding hydrogens is 374 g/mol. The van der Waals surface area contributed by atoms with Crippen LogP contribution < -0.4 is 15.8 Å². The second-order valence-corrected chi connectivity index (χ2v) is 7.79. The Kier molecular flexibility index (Phi) is 9.67. The summed E-state index contributed by atoms with van der Waals surface area (Å²) in [5.41, 5.74) is 6.88. The minimum atomic E-state index is -0.0902. The van der Waals surface area contributed by atoms with Crippen molar-refractivity contribution < 1.29 is 14.3 Å². The molecule has 0 amide bonds. The second kappa shape index (κ2) is 12.0. The van der Waals surface area contributed by atoms with Crippen LogP contribution in [0.5, 0.6) is 5.75 Å². The molecule has 0 aromatic heterocycles. The first-order chi connectivity index (χ1) is 13.7. The van der Waals surface area contributed by atoms with Crippen molar-refractivity contribution in [3.8, 4) is 5.75 Å². The summed E-state index contributed by atoms with van der Waals surface area (Å²) < 4.78 is 10.7. The summed E-state index contributed by atoms with van der Waals surface area (Å²) in [6.07, 6.45) is 3.82. The first-order valence-corrected chi connectivity index (χ1v) is 10.9. The van der Waals surface area contributed by atoms with Crippen LogP contribution in [0, 0.1) is 5.92 Å². The van der Waals surface area contributed by atoms with Gasteiger partial charge in [0, 0.05) is 30.7 Å². The summed E-state index contributed by atoms with van der Waals surface area (Å²) in [5, 5.41) is 3.57. The number of esters is 1.